The van der Waals surface area contributed by atoms with Crippen LogP contribution in [-0.2, 0) is 31.9 Å². The lowest BCUT2D eigenvalue weighted by atomic mass is 10.0. The van der Waals surface area contributed by atoms with Crippen LogP contribution < -0.4 is 0 Å². The molecule has 168 valence electrons. The van der Waals surface area contributed by atoms with E-state index in [4.69, 9.17) is 9.47 Å². The average Bonchev–Trinajstić information content (AvgIpc) is 2.74. The third-order valence-electron chi connectivity index (χ3n) is 4.70. The molecule has 0 spiro atoms. The number of esters is 2. The van der Waals surface area contributed by atoms with Crippen molar-refractivity contribution in [2.75, 3.05) is 24.7 Å². The molecule has 0 heterocycles. The number of phenolic OH excluding ortho intramolecular Hbond substituents is 2. The van der Waals surface area contributed by atoms with Gasteiger partial charge < -0.3 is 19.7 Å². The molecule has 2 aromatic rings. The summed E-state index contributed by atoms with van der Waals surface area (Å²) in [5.41, 5.74) is 3.59. The standard InChI is InChI=1S/C24H30O6S/c1-17-15-20(16-18(2)24(17)28)6-10-23(27)30-12-14-31-13-11-29-22(26)9-5-19-3-7-21(25)8-4-19/h3-4,7-8,15-16,25,28H,5-6,9-14H2,1-2H3. The number of aryl methyl sites for hydroxylation is 4. The number of aromatic hydroxyl groups is 2. The van der Waals surface area contributed by atoms with Crippen molar-refractivity contribution in [2.24, 2.45) is 0 Å². The fourth-order valence-corrected chi connectivity index (χ4v) is 3.63. The molecule has 0 atom stereocenters. The van der Waals surface area contributed by atoms with Gasteiger partial charge in [0.25, 0.3) is 0 Å². The highest BCUT2D eigenvalue weighted by molar-refractivity contribution is 7.99. The molecule has 0 bridgehead atoms. The van der Waals surface area contributed by atoms with Gasteiger partial charge in [-0.2, -0.15) is 11.8 Å². The molecule has 7 heteroatoms. The second kappa shape index (κ2) is 12.9. The van der Waals surface area contributed by atoms with Crippen LogP contribution >= 0.6 is 11.8 Å². The van der Waals surface area contributed by atoms with Crippen LogP contribution in [0.2, 0.25) is 0 Å². The third kappa shape index (κ3) is 9.34. The molecule has 0 aliphatic carbocycles. The summed E-state index contributed by atoms with van der Waals surface area (Å²) in [7, 11) is 0. The summed E-state index contributed by atoms with van der Waals surface area (Å²) < 4.78 is 10.4. The van der Waals surface area contributed by atoms with Gasteiger partial charge >= 0.3 is 11.9 Å². The maximum absolute atomic E-state index is 11.9. The monoisotopic (exact) mass is 446 g/mol. The van der Waals surface area contributed by atoms with E-state index in [0.717, 1.165) is 22.3 Å². The summed E-state index contributed by atoms with van der Waals surface area (Å²) in [6.45, 7) is 4.33. The van der Waals surface area contributed by atoms with E-state index in [0.29, 0.717) is 56.2 Å². The van der Waals surface area contributed by atoms with Crippen molar-refractivity contribution in [2.45, 2.75) is 39.5 Å². The largest absolute Gasteiger partial charge is 0.508 e. The van der Waals surface area contributed by atoms with Crippen LogP contribution in [0.4, 0.5) is 0 Å². The van der Waals surface area contributed by atoms with E-state index >= 15 is 0 Å². The molecular formula is C24H30O6S. The number of hydrogen-bond acceptors (Lipinski definition) is 7. The number of ether oxygens (including phenoxy) is 2. The minimum atomic E-state index is -0.250. The van der Waals surface area contributed by atoms with Gasteiger partial charge in [0.1, 0.15) is 24.7 Å². The minimum Gasteiger partial charge on any atom is -0.508 e. The fourth-order valence-electron chi connectivity index (χ4n) is 3.02. The molecule has 0 fully saturated rings. The first kappa shape index (κ1) is 24.6. The van der Waals surface area contributed by atoms with E-state index in [-0.39, 0.29) is 17.7 Å². The van der Waals surface area contributed by atoms with Crippen LogP contribution in [0.15, 0.2) is 36.4 Å². The van der Waals surface area contributed by atoms with E-state index in [1.54, 1.807) is 36.0 Å². The quantitative estimate of drug-likeness (QED) is 0.374. The maximum atomic E-state index is 11.9. The number of carbonyl (C=O) groups is 2. The number of benzene rings is 2. The summed E-state index contributed by atoms with van der Waals surface area (Å²) in [4.78, 5) is 23.6. The fraction of sp³-hybridized carbons (Fsp3) is 0.417. The zero-order chi connectivity index (χ0) is 22.6. The number of rotatable bonds is 12. The average molecular weight is 447 g/mol. The molecule has 0 amide bonds. The van der Waals surface area contributed by atoms with E-state index in [1.807, 2.05) is 26.0 Å². The Labute approximate surface area is 187 Å². The van der Waals surface area contributed by atoms with Crippen molar-refractivity contribution >= 4 is 23.7 Å². The Hall–Kier alpha value is -2.67. The van der Waals surface area contributed by atoms with E-state index in [9.17, 15) is 19.8 Å². The second-order valence-corrected chi connectivity index (χ2v) is 8.52. The first-order chi connectivity index (χ1) is 14.8. The Morgan fingerprint density at radius 2 is 1.29 bits per heavy atom. The maximum Gasteiger partial charge on any atom is 0.306 e. The molecule has 6 nitrogen and oxygen atoms in total. The van der Waals surface area contributed by atoms with E-state index in [1.165, 1.54) is 0 Å². The van der Waals surface area contributed by atoms with E-state index < -0.39 is 0 Å². The van der Waals surface area contributed by atoms with Gasteiger partial charge in [0.15, 0.2) is 0 Å². The molecule has 0 aliphatic rings. The van der Waals surface area contributed by atoms with Gasteiger partial charge in [-0.25, -0.2) is 0 Å². The van der Waals surface area contributed by atoms with Crippen molar-refractivity contribution in [1.82, 2.24) is 0 Å². The number of carbonyl (C=O) groups excluding carboxylic acids is 2. The zero-order valence-corrected chi connectivity index (χ0v) is 18.9. The summed E-state index contributed by atoms with van der Waals surface area (Å²) in [6.07, 6.45) is 1.75. The van der Waals surface area contributed by atoms with Gasteiger partial charge in [-0.3, -0.25) is 9.59 Å². The highest BCUT2D eigenvalue weighted by Gasteiger charge is 2.08. The molecule has 0 unspecified atom stereocenters. The third-order valence-corrected chi connectivity index (χ3v) is 5.61. The Bertz CT molecular complexity index is 840. The Kier molecular flexibility index (Phi) is 10.2. The summed E-state index contributed by atoms with van der Waals surface area (Å²) in [5, 5.41) is 19.0. The van der Waals surface area contributed by atoms with Gasteiger partial charge in [-0.1, -0.05) is 24.3 Å². The van der Waals surface area contributed by atoms with Gasteiger partial charge in [-0.05, 0) is 61.1 Å². The topological polar surface area (TPSA) is 93.1 Å². The molecule has 0 radical (unpaired) electrons. The lowest BCUT2D eigenvalue weighted by Crippen LogP contribution is -2.11. The highest BCUT2D eigenvalue weighted by Crippen LogP contribution is 2.23. The second-order valence-electron chi connectivity index (χ2n) is 7.30. The molecule has 0 saturated heterocycles. The Morgan fingerprint density at radius 1 is 0.806 bits per heavy atom. The lowest BCUT2D eigenvalue weighted by Gasteiger charge is -2.08. The normalized spacial score (nSPS) is 10.6. The van der Waals surface area contributed by atoms with Crippen LogP contribution in [0.25, 0.3) is 0 Å². The van der Waals surface area contributed by atoms with Crippen molar-refractivity contribution in [3.63, 3.8) is 0 Å². The SMILES string of the molecule is Cc1cc(CCC(=O)OCCSCCOC(=O)CCc2ccc(O)cc2)cc(C)c1O. The molecule has 0 aromatic heterocycles. The molecule has 31 heavy (non-hydrogen) atoms. The molecule has 0 saturated carbocycles. The molecular weight excluding hydrogens is 416 g/mol. The summed E-state index contributed by atoms with van der Waals surface area (Å²) in [6, 6.07) is 10.5. The smallest absolute Gasteiger partial charge is 0.306 e. The summed E-state index contributed by atoms with van der Waals surface area (Å²) in [5.74, 6) is 1.30. The number of thioether (sulfide) groups is 1. The van der Waals surface area contributed by atoms with Crippen LogP contribution in [0.3, 0.4) is 0 Å². The Morgan fingerprint density at radius 3 is 1.81 bits per heavy atom. The molecule has 2 aromatic carbocycles. The van der Waals surface area contributed by atoms with Crippen LogP contribution in [0, 0.1) is 13.8 Å². The zero-order valence-electron chi connectivity index (χ0n) is 18.1. The minimum absolute atomic E-state index is 0.205. The van der Waals surface area contributed by atoms with Gasteiger partial charge in [0, 0.05) is 24.3 Å². The van der Waals surface area contributed by atoms with Crippen molar-refractivity contribution < 1.29 is 29.3 Å². The first-order valence-electron chi connectivity index (χ1n) is 10.3. The Balaban J connectivity index is 1.48. The van der Waals surface area contributed by atoms with Crippen molar-refractivity contribution in [3.05, 3.63) is 58.7 Å². The number of phenols is 2. The van der Waals surface area contributed by atoms with Crippen molar-refractivity contribution in [1.29, 1.82) is 0 Å². The summed E-state index contributed by atoms with van der Waals surface area (Å²) >= 11 is 1.56. The van der Waals surface area contributed by atoms with E-state index in [2.05, 4.69) is 0 Å². The molecule has 2 rings (SSSR count). The van der Waals surface area contributed by atoms with Crippen LogP contribution in [0.1, 0.15) is 35.1 Å². The predicted molar refractivity (Wildman–Crippen MR) is 122 cm³/mol. The molecule has 2 N–H and O–H groups in total. The van der Waals surface area contributed by atoms with Gasteiger partial charge in [0.05, 0.1) is 0 Å². The number of hydrogen-bond donors (Lipinski definition) is 2. The first-order valence-corrected chi connectivity index (χ1v) is 11.5. The highest BCUT2D eigenvalue weighted by atomic mass is 32.2. The molecule has 0 aliphatic heterocycles. The van der Waals surface area contributed by atoms with Crippen LogP contribution in [0.5, 0.6) is 11.5 Å². The van der Waals surface area contributed by atoms with Gasteiger partial charge in [-0.15, -0.1) is 0 Å². The predicted octanol–water partition coefficient (Wildman–Crippen LogP) is 4.10. The van der Waals surface area contributed by atoms with Crippen LogP contribution in [-0.4, -0.2) is 46.9 Å². The van der Waals surface area contributed by atoms with Crippen molar-refractivity contribution in [3.8, 4) is 11.5 Å². The van der Waals surface area contributed by atoms with Gasteiger partial charge in [0.2, 0.25) is 0 Å². The lowest BCUT2D eigenvalue weighted by molar-refractivity contribution is -0.143.